The zero-order chi connectivity index (χ0) is 16.1. The van der Waals surface area contributed by atoms with E-state index in [4.69, 9.17) is 14.2 Å². The van der Waals surface area contributed by atoms with Gasteiger partial charge in [0.15, 0.2) is 17.3 Å². The molecule has 0 radical (unpaired) electrons. The summed E-state index contributed by atoms with van der Waals surface area (Å²) in [5, 5.41) is 0. The molecular weight excluding hydrogens is 284 g/mol. The normalized spacial score (nSPS) is 21.4. The van der Waals surface area contributed by atoms with Gasteiger partial charge in [-0.2, -0.15) is 0 Å². The summed E-state index contributed by atoms with van der Waals surface area (Å²) in [6, 6.07) is 5.74. The quantitative estimate of drug-likeness (QED) is 0.597. The third-order valence-corrected chi connectivity index (χ3v) is 3.89. The summed E-state index contributed by atoms with van der Waals surface area (Å²) < 4.78 is 15.6. The Morgan fingerprint density at radius 3 is 2.55 bits per heavy atom. The Hall–Kier alpha value is -2.04. The average Bonchev–Trinajstić information content (AvgIpc) is 2.49. The first-order chi connectivity index (χ1) is 10.5. The molecule has 1 aliphatic heterocycles. The van der Waals surface area contributed by atoms with Crippen LogP contribution in [0.4, 0.5) is 0 Å². The number of ether oxygens (including phenoxy) is 3. The molecule has 5 heteroatoms. The van der Waals surface area contributed by atoms with Gasteiger partial charge in [0.25, 0.3) is 0 Å². The molecule has 1 aliphatic rings. The summed E-state index contributed by atoms with van der Waals surface area (Å²) in [5.74, 6) is 0.386. The zero-order valence-corrected chi connectivity index (χ0v) is 13.3. The molecule has 1 aromatic rings. The van der Waals surface area contributed by atoms with E-state index in [0.717, 1.165) is 18.4 Å². The number of hydrogen-bond donors (Lipinski definition) is 0. The van der Waals surface area contributed by atoms with Crippen LogP contribution in [0.25, 0.3) is 0 Å². The topological polar surface area (TPSA) is 61.8 Å². The molecule has 0 bridgehead atoms. The zero-order valence-electron chi connectivity index (χ0n) is 13.3. The highest BCUT2D eigenvalue weighted by atomic mass is 16.5. The number of rotatable bonds is 6. The van der Waals surface area contributed by atoms with E-state index in [-0.39, 0.29) is 17.9 Å². The number of hydrogen-bond acceptors (Lipinski definition) is 5. The number of cyclic esters (lactones) is 1. The Kier molecular flexibility index (Phi) is 5.41. The van der Waals surface area contributed by atoms with Crippen molar-refractivity contribution >= 4 is 11.8 Å². The van der Waals surface area contributed by atoms with E-state index in [9.17, 15) is 9.59 Å². The maximum Gasteiger partial charge on any atom is 0.316 e. The van der Waals surface area contributed by atoms with Gasteiger partial charge in [-0.1, -0.05) is 6.07 Å². The lowest BCUT2D eigenvalue weighted by Gasteiger charge is -2.24. The molecule has 2 rings (SSSR count). The lowest BCUT2D eigenvalue weighted by molar-refractivity contribution is -0.163. The molecule has 1 saturated heterocycles. The number of benzene rings is 1. The molecule has 5 nitrogen and oxygen atoms in total. The molecule has 0 saturated carbocycles. The van der Waals surface area contributed by atoms with Crippen LogP contribution in [0.3, 0.4) is 0 Å². The molecule has 0 unspecified atom stereocenters. The van der Waals surface area contributed by atoms with E-state index >= 15 is 0 Å². The molecule has 1 fully saturated rings. The van der Waals surface area contributed by atoms with E-state index in [0.29, 0.717) is 24.3 Å². The number of methoxy groups -OCH3 is 2. The predicted molar refractivity (Wildman–Crippen MR) is 81.2 cm³/mol. The molecule has 1 heterocycles. The van der Waals surface area contributed by atoms with Gasteiger partial charge in [0.05, 0.1) is 14.2 Å². The second-order valence-corrected chi connectivity index (χ2v) is 5.55. The van der Waals surface area contributed by atoms with Crippen molar-refractivity contribution in [1.82, 2.24) is 0 Å². The van der Waals surface area contributed by atoms with Gasteiger partial charge in [-0.3, -0.25) is 9.59 Å². The predicted octanol–water partition coefficient (Wildman–Crippen LogP) is 2.55. The highest BCUT2D eigenvalue weighted by Gasteiger charge is 2.34. The van der Waals surface area contributed by atoms with Crippen molar-refractivity contribution in [2.24, 2.45) is 5.92 Å². The smallest absolute Gasteiger partial charge is 0.316 e. The Balaban J connectivity index is 1.91. The molecule has 0 aliphatic carbocycles. The fraction of sp³-hybridized carbons (Fsp3) is 0.529. The standard InChI is InChI=1S/C17H22O5/c1-11-9-14(18)13(17(19)22-11)6-4-5-12-7-8-15(20-2)16(10-12)21-3/h7-8,10-11,13H,4-6,9H2,1-3H3/t11-,13-/m1/s1. The van der Waals surface area contributed by atoms with Crippen LogP contribution in [0, 0.1) is 5.92 Å². The monoisotopic (exact) mass is 306 g/mol. The third kappa shape index (κ3) is 3.78. The van der Waals surface area contributed by atoms with E-state index < -0.39 is 5.92 Å². The largest absolute Gasteiger partial charge is 0.493 e. The number of ketones is 1. The Morgan fingerprint density at radius 2 is 1.91 bits per heavy atom. The number of aryl methyl sites for hydroxylation is 1. The second kappa shape index (κ2) is 7.29. The fourth-order valence-corrected chi connectivity index (χ4v) is 2.70. The van der Waals surface area contributed by atoms with Crippen molar-refractivity contribution < 1.29 is 23.8 Å². The van der Waals surface area contributed by atoms with Gasteiger partial charge in [-0.15, -0.1) is 0 Å². The lowest BCUT2D eigenvalue weighted by atomic mass is 9.91. The molecule has 0 spiro atoms. The minimum atomic E-state index is -0.601. The summed E-state index contributed by atoms with van der Waals surface area (Å²) in [7, 11) is 3.19. The van der Waals surface area contributed by atoms with E-state index in [1.807, 2.05) is 18.2 Å². The first kappa shape index (κ1) is 16.3. The number of esters is 1. The summed E-state index contributed by atoms with van der Waals surface area (Å²) in [6.45, 7) is 1.75. The van der Waals surface area contributed by atoms with Crippen molar-refractivity contribution in [2.75, 3.05) is 14.2 Å². The lowest BCUT2D eigenvalue weighted by Crippen LogP contribution is -2.37. The SMILES string of the molecule is COc1ccc(CCC[C@@H]2C(=O)C[C@@H](C)OC2=O)cc1OC. The van der Waals surface area contributed by atoms with Gasteiger partial charge >= 0.3 is 5.97 Å². The Morgan fingerprint density at radius 1 is 1.18 bits per heavy atom. The van der Waals surface area contributed by atoms with Crippen molar-refractivity contribution in [2.45, 2.75) is 38.7 Å². The first-order valence-corrected chi connectivity index (χ1v) is 7.49. The number of carbonyl (C=O) groups excluding carboxylic acids is 2. The Bertz CT molecular complexity index is 534. The summed E-state index contributed by atoms with van der Waals surface area (Å²) in [5.41, 5.74) is 1.09. The van der Waals surface area contributed by atoms with Gasteiger partial charge in [0, 0.05) is 6.42 Å². The van der Waals surface area contributed by atoms with Crippen LogP contribution < -0.4 is 9.47 Å². The van der Waals surface area contributed by atoms with Crippen LogP contribution in [0.1, 0.15) is 31.7 Å². The summed E-state index contributed by atoms with van der Waals surface area (Å²) >= 11 is 0. The molecule has 120 valence electrons. The van der Waals surface area contributed by atoms with E-state index in [1.165, 1.54) is 0 Å². The van der Waals surface area contributed by atoms with Crippen LogP contribution in [0.5, 0.6) is 11.5 Å². The number of carbonyl (C=O) groups is 2. The van der Waals surface area contributed by atoms with Crippen LogP contribution in [-0.4, -0.2) is 32.1 Å². The van der Waals surface area contributed by atoms with Gasteiger partial charge in [-0.25, -0.2) is 0 Å². The summed E-state index contributed by atoms with van der Waals surface area (Å²) in [4.78, 5) is 23.7. The summed E-state index contributed by atoms with van der Waals surface area (Å²) in [6.07, 6.45) is 2.08. The maximum absolute atomic E-state index is 11.9. The van der Waals surface area contributed by atoms with Crippen molar-refractivity contribution in [3.8, 4) is 11.5 Å². The van der Waals surface area contributed by atoms with Crippen LogP contribution >= 0.6 is 0 Å². The maximum atomic E-state index is 11.9. The second-order valence-electron chi connectivity index (χ2n) is 5.55. The Labute approximate surface area is 130 Å². The molecule has 1 aromatic carbocycles. The minimum absolute atomic E-state index is 0.00365. The van der Waals surface area contributed by atoms with Crippen LogP contribution in [0.2, 0.25) is 0 Å². The molecule has 0 aromatic heterocycles. The van der Waals surface area contributed by atoms with E-state index in [1.54, 1.807) is 21.1 Å². The van der Waals surface area contributed by atoms with Gasteiger partial charge in [0.2, 0.25) is 0 Å². The molecule has 2 atom stereocenters. The van der Waals surface area contributed by atoms with Gasteiger partial charge < -0.3 is 14.2 Å². The highest BCUT2D eigenvalue weighted by molar-refractivity contribution is 6.00. The van der Waals surface area contributed by atoms with Crippen molar-refractivity contribution in [3.63, 3.8) is 0 Å². The van der Waals surface area contributed by atoms with Crippen LogP contribution in [0.15, 0.2) is 18.2 Å². The van der Waals surface area contributed by atoms with E-state index in [2.05, 4.69) is 0 Å². The minimum Gasteiger partial charge on any atom is -0.493 e. The molecule has 22 heavy (non-hydrogen) atoms. The first-order valence-electron chi connectivity index (χ1n) is 7.49. The molecular formula is C17H22O5. The van der Waals surface area contributed by atoms with Crippen molar-refractivity contribution in [3.05, 3.63) is 23.8 Å². The van der Waals surface area contributed by atoms with Crippen LogP contribution in [-0.2, 0) is 20.7 Å². The van der Waals surface area contributed by atoms with Crippen molar-refractivity contribution in [1.29, 1.82) is 0 Å². The highest BCUT2D eigenvalue weighted by Crippen LogP contribution is 2.28. The number of Topliss-reactive ketones (excluding diaryl/α,β-unsaturated/α-hetero) is 1. The third-order valence-electron chi connectivity index (χ3n) is 3.89. The van der Waals surface area contributed by atoms with Gasteiger partial charge in [0.1, 0.15) is 12.0 Å². The average molecular weight is 306 g/mol. The molecule has 0 amide bonds. The molecule has 0 N–H and O–H groups in total. The van der Waals surface area contributed by atoms with Gasteiger partial charge in [-0.05, 0) is 43.9 Å². The fourth-order valence-electron chi connectivity index (χ4n) is 2.70.